The van der Waals surface area contributed by atoms with Gasteiger partial charge in [0.1, 0.15) is 0 Å². The number of benzene rings is 1. The Labute approximate surface area is 221 Å². The fourth-order valence-electron chi connectivity index (χ4n) is 4.15. The third kappa shape index (κ3) is 9.49. The number of thiophene rings is 1. The van der Waals surface area contributed by atoms with E-state index in [2.05, 4.69) is 39.1 Å². The van der Waals surface area contributed by atoms with Gasteiger partial charge in [-0.3, -0.25) is 9.59 Å². The van der Waals surface area contributed by atoms with Gasteiger partial charge in [-0.05, 0) is 60.4 Å². The second-order valence-electron chi connectivity index (χ2n) is 9.76. The van der Waals surface area contributed by atoms with Crippen LogP contribution in [0.4, 0.5) is 0 Å². The van der Waals surface area contributed by atoms with Crippen molar-refractivity contribution in [3.8, 4) is 11.5 Å². The molecule has 36 heavy (non-hydrogen) atoms. The maximum atomic E-state index is 13.6. The summed E-state index contributed by atoms with van der Waals surface area (Å²) in [5, 5.41) is 2.06. The lowest BCUT2D eigenvalue weighted by Crippen LogP contribution is -2.44. The number of carbonyl (C=O) groups is 2. The van der Waals surface area contributed by atoms with Crippen molar-refractivity contribution in [3.63, 3.8) is 0 Å². The van der Waals surface area contributed by atoms with Gasteiger partial charge in [0.15, 0.2) is 11.5 Å². The minimum atomic E-state index is -0.00849. The first kappa shape index (κ1) is 29.7. The third-order valence-electron chi connectivity index (χ3n) is 6.28. The summed E-state index contributed by atoms with van der Waals surface area (Å²) in [7, 11) is 3.24. The number of carbonyl (C=O) groups excluding carboxylic acids is 2. The highest BCUT2D eigenvalue weighted by Gasteiger charge is 2.23. The Morgan fingerprint density at radius 2 is 1.72 bits per heavy atom. The molecule has 0 N–H and O–H groups in total. The molecule has 0 aliphatic heterocycles. The molecule has 0 saturated carbocycles. The van der Waals surface area contributed by atoms with Gasteiger partial charge in [0.25, 0.3) is 0 Å². The van der Waals surface area contributed by atoms with Gasteiger partial charge in [-0.25, -0.2) is 0 Å². The zero-order chi connectivity index (χ0) is 26.5. The second kappa shape index (κ2) is 15.5. The lowest BCUT2D eigenvalue weighted by Gasteiger charge is -2.29. The van der Waals surface area contributed by atoms with Gasteiger partial charge in [0.2, 0.25) is 11.8 Å². The van der Waals surface area contributed by atoms with Crippen molar-refractivity contribution in [1.82, 2.24) is 9.80 Å². The zero-order valence-electron chi connectivity index (χ0n) is 23.0. The van der Waals surface area contributed by atoms with Gasteiger partial charge >= 0.3 is 0 Å². The van der Waals surface area contributed by atoms with Crippen molar-refractivity contribution in [1.29, 1.82) is 0 Å². The lowest BCUT2D eigenvalue weighted by molar-refractivity contribution is -0.141. The Hall–Kier alpha value is -2.54. The van der Waals surface area contributed by atoms with Crippen LogP contribution >= 0.6 is 11.3 Å². The quantitative estimate of drug-likeness (QED) is 0.253. The molecule has 2 aromatic rings. The molecule has 1 aromatic carbocycles. The van der Waals surface area contributed by atoms with E-state index in [0.717, 1.165) is 31.2 Å². The van der Waals surface area contributed by atoms with Crippen molar-refractivity contribution in [2.75, 3.05) is 33.9 Å². The third-order valence-corrected chi connectivity index (χ3v) is 7.29. The molecule has 0 atom stereocenters. The molecule has 1 heterocycles. The van der Waals surface area contributed by atoms with Gasteiger partial charge in [-0.1, -0.05) is 46.1 Å². The minimum absolute atomic E-state index is 0.00849. The predicted molar refractivity (Wildman–Crippen MR) is 148 cm³/mol. The maximum Gasteiger partial charge on any atom is 0.242 e. The molecule has 0 radical (unpaired) electrons. The van der Waals surface area contributed by atoms with E-state index in [1.807, 2.05) is 23.1 Å². The lowest BCUT2D eigenvalue weighted by atomic mass is 10.1. The molecule has 0 fully saturated rings. The number of methoxy groups -OCH3 is 2. The molecule has 0 spiro atoms. The van der Waals surface area contributed by atoms with Crippen LogP contribution in [0.3, 0.4) is 0 Å². The zero-order valence-corrected chi connectivity index (χ0v) is 23.8. The van der Waals surface area contributed by atoms with Gasteiger partial charge in [0, 0.05) is 24.4 Å². The summed E-state index contributed by atoms with van der Waals surface area (Å²) in [6, 6.07) is 7.95. The van der Waals surface area contributed by atoms with E-state index < -0.39 is 0 Å². The Morgan fingerprint density at radius 3 is 2.33 bits per heavy atom. The first-order chi connectivity index (χ1) is 17.3. The second-order valence-corrected chi connectivity index (χ2v) is 10.8. The highest BCUT2D eigenvalue weighted by molar-refractivity contribution is 7.10. The highest BCUT2D eigenvalue weighted by atomic mass is 32.1. The van der Waals surface area contributed by atoms with Crippen LogP contribution in [0.5, 0.6) is 11.5 Å². The van der Waals surface area contributed by atoms with Crippen molar-refractivity contribution >= 4 is 23.2 Å². The first-order valence-electron chi connectivity index (χ1n) is 13.1. The van der Waals surface area contributed by atoms with Crippen LogP contribution in [0.1, 0.15) is 68.9 Å². The van der Waals surface area contributed by atoms with Crippen molar-refractivity contribution in [2.45, 2.75) is 72.8 Å². The van der Waals surface area contributed by atoms with Crippen molar-refractivity contribution < 1.29 is 19.1 Å². The number of aryl methyl sites for hydroxylation is 1. The monoisotopic (exact) mass is 516 g/mol. The number of rotatable bonds is 16. The number of hydrogen-bond acceptors (Lipinski definition) is 5. The van der Waals surface area contributed by atoms with Crippen LogP contribution in [0, 0.1) is 12.8 Å². The molecule has 6 nitrogen and oxygen atoms in total. The fraction of sp³-hybridized carbons (Fsp3) is 0.586. The summed E-state index contributed by atoms with van der Waals surface area (Å²) >= 11 is 1.67. The summed E-state index contributed by atoms with van der Waals surface area (Å²) in [4.78, 5) is 31.4. The average molecular weight is 517 g/mol. The predicted octanol–water partition coefficient (Wildman–Crippen LogP) is 6.10. The minimum Gasteiger partial charge on any atom is -0.493 e. The molecule has 0 bridgehead atoms. The number of amides is 2. The Balaban J connectivity index is 2.15. The average Bonchev–Trinajstić information content (AvgIpc) is 3.27. The Morgan fingerprint density at radius 1 is 0.972 bits per heavy atom. The van der Waals surface area contributed by atoms with Gasteiger partial charge in [-0.15, -0.1) is 11.3 Å². The van der Waals surface area contributed by atoms with E-state index in [1.54, 1.807) is 30.5 Å². The number of unbranched alkanes of at least 4 members (excludes halogenated alkanes) is 3. The SMILES string of the molecule is CCCCCCC(=O)N(CC(=O)N(CCc1ccc(OC)c(OC)c1)Cc1sccc1C)CC(C)C. The molecule has 2 rings (SSSR count). The van der Waals surface area contributed by atoms with E-state index in [9.17, 15) is 9.59 Å². The smallest absolute Gasteiger partial charge is 0.242 e. The number of hydrogen-bond donors (Lipinski definition) is 0. The molecule has 7 heteroatoms. The van der Waals surface area contributed by atoms with Gasteiger partial charge in [-0.2, -0.15) is 0 Å². The molecule has 0 unspecified atom stereocenters. The normalized spacial score (nSPS) is 11.0. The van der Waals surface area contributed by atoms with Crippen molar-refractivity contribution in [3.05, 3.63) is 45.6 Å². The molecule has 0 aliphatic rings. The molecular formula is C29H44N2O4S. The van der Waals surface area contributed by atoms with E-state index in [4.69, 9.17) is 9.47 Å². The van der Waals surface area contributed by atoms with Crippen LogP contribution in [-0.2, 0) is 22.6 Å². The van der Waals surface area contributed by atoms with Crippen LogP contribution in [0.25, 0.3) is 0 Å². The van der Waals surface area contributed by atoms with E-state index >= 15 is 0 Å². The van der Waals surface area contributed by atoms with Crippen LogP contribution in [0.2, 0.25) is 0 Å². The number of ether oxygens (including phenoxy) is 2. The molecule has 0 aliphatic carbocycles. The van der Waals surface area contributed by atoms with Crippen molar-refractivity contribution in [2.24, 2.45) is 5.92 Å². The molecular weight excluding hydrogens is 472 g/mol. The highest BCUT2D eigenvalue weighted by Crippen LogP contribution is 2.28. The summed E-state index contributed by atoms with van der Waals surface area (Å²) in [5.41, 5.74) is 2.26. The van der Waals surface area contributed by atoms with Crippen LogP contribution in [-0.4, -0.2) is 55.5 Å². The maximum absolute atomic E-state index is 13.6. The van der Waals surface area contributed by atoms with E-state index in [-0.39, 0.29) is 18.4 Å². The Bertz CT molecular complexity index is 957. The topological polar surface area (TPSA) is 59.1 Å². The van der Waals surface area contributed by atoms with Crippen LogP contribution < -0.4 is 9.47 Å². The Kier molecular flexibility index (Phi) is 12.8. The van der Waals surface area contributed by atoms with Crippen LogP contribution in [0.15, 0.2) is 29.6 Å². The van der Waals surface area contributed by atoms with Gasteiger partial charge in [0.05, 0.1) is 27.3 Å². The summed E-state index contributed by atoms with van der Waals surface area (Å²) in [5.74, 6) is 1.74. The molecule has 2 amide bonds. The standard InChI is InChI=1S/C29H44N2O4S/c1-7-8-9-10-11-28(32)31(19-22(2)3)21-29(33)30(20-27-23(4)15-17-36-27)16-14-24-12-13-25(34-5)26(18-24)35-6/h12-13,15,17-18,22H,7-11,14,16,19-21H2,1-6H3. The molecule has 0 saturated heterocycles. The van der Waals surface area contributed by atoms with E-state index in [1.165, 1.54) is 10.4 Å². The van der Waals surface area contributed by atoms with Gasteiger partial charge < -0.3 is 19.3 Å². The first-order valence-corrected chi connectivity index (χ1v) is 14.0. The summed E-state index contributed by atoms with van der Waals surface area (Å²) in [6.45, 7) is 10.3. The largest absolute Gasteiger partial charge is 0.493 e. The number of nitrogens with zero attached hydrogens (tertiary/aromatic N) is 2. The molecule has 200 valence electrons. The summed E-state index contributed by atoms with van der Waals surface area (Å²) < 4.78 is 10.8. The van der Waals surface area contributed by atoms with E-state index in [0.29, 0.717) is 49.9 Å². The molecule has 1 aromatic heterocycles. The summed E-state index contributed by atoms with van der Waals surface area (Å²) in [6.07, 6.45) is 5.41. The fourth-order valence-corrected chi connectivity index (χ4v) is 5.07.